The highest BCUT2D eigenvalue weighted by Gasteiger charge is 2.64. The van der Waals surface area contributed by atoms with Gasteiger partial charge in [-0.2, -0.15) is 13.2 Å². The molecule has 0 aliphatic heterocycles. The van der Waals surface area contributed by atoms with E-state index < -0.39 is 32.2 Å². The molecule has 0 spiro atoms. The van der Waals surface area contributed by atoms with Crippen molar-refractivity contribution in [2.24, 2.45) is 0 Å². The van der Waals surface area contributed by atoms with Crippen LogP contribution < -0.4 is 10.4 Å². The third-order valence-corrected chi connectivity index (χ3v) is 12.8. The molecule has 2 atom stereocenters. The van der Waals surface area contributed by atoms with Crippen LogP contribution in [0.15, 0.2) is 114 Å². The number of ether oxygens (including phenoxy) is 2. The van der Waals surface area contributed by atoms with Gasteiger partial charge in [0.1, 0.15) is 6.10 Å². The molecule has 0 heterocycles. The van der Waals surface area contributed by atoms with E-state index in [0.29, 0.717) is 5.57 Å². The fourth-order valence-electron chi connectivity index (χ4n) is 5.46. The number of carbonyl (C=O) groups is 1. The Labute approximate surface area is 260 Å². The van der Waals surface area contributed by atoms with E-state index in [1.807, 2.05) is 56.3 Å². The summed E-state index contributed by atoms with van der Waals surface area (Å²) in [6.45, 7) is 12.2. The fraction of sp³-hybridized carbons (Fsp3) is 0.361. The predicted molar refractivity (Wildman–Crippen MR) is 172 cm³/mol. The second kappa shape index (κ2) is 14.5. The zero-order chi connectivity index (χ0) is 32.6. The number of allylic oxidation sites excluding steroid dienone is 1. The van der Waals surface area contributed by atoms with Gasteiger partial charge in [-0.3, -0.25) is 0 Å². The van der Waals surface area contributed by atoms with E-state index in [2.05, 4.69) is 45.0 Å². The molecule has 44 heavy (non-hydrogen) atoms. The highest BCUT2D eigenvalue weighted by atomic mass is 28.4. The van der Waals surface area contributed by atoms with Gasteiger partial charge in [0.2, 0.25) is 0 Å². The molecule has 0 saturated carbocycles. The van der Waals surface area contributed by atoms with Crippen molar-refractivity contribution >= 4 is 24.7 Å². The second-order valence-electron chi connectivity index (χ2n) is 12.1. The van der Waals surface area contributed by atoms with Crippen LogP contribution in [0.4, 0.5) is 13.2 Å². The van der Waals surface area contributed by atoms with Gasteiger partial charge >= 0.3 is 12.1 Å². The first kappa shape index (κ1) is 35.0. The quantitative estimate of drug-likeness (QED) is 0.117. The minimum atomic E-state index is -5.06. The molecule has 3 aromatic carbocycles. The molecule has 0 unspecified atom stereocenters. The summed E-state index contributed by atoms with van der Waals surface area (Å²) in [4.78, 5) is 13.5. The maximum absolute atomic E-state index is 14.6. The largest absolute Gasteiger partial charge is 0.455 e. The van der Waals surface area contributed by atoms with Crippen LogP contribution in [0.3, 0.4) is 0 Å². The van der Waals surface area contributed by atoms with E-state index >= 15 is 0 Å². The smallest absolute Gasteiger partial charge is 0.432 e. The number of halogens is 3. The molecule has 0 aliphatic rings. The van der Waals surface area contributed by atoms with Crippen LogP contribution in [0.25, 0.3) is 0 Å². The van der Waals surface area contributed by atoms with Crippen molar-refractivity contribution in [3.05, 3.63) is 120 Å². The molecular formula is C36H43F3O4Si. The van der Waals surface area contributed by atoms with Crippen molar-refractivity contribution in [2.75, 3.05) is 13.7 Å². The van der Waals surface area contributed by atoms with Crippen molar-refractivity contribution < 1.29 is 31.9 Å². The Morgan fingerprint density at radius 1 is 0.795 bits per heavy atom. The van der Waals surface area contributed by atoms with Crippen molar-refractivity contribution in [3.63, 3.8) is 0 Å². The van der Waals surface area contributed by atoms with E-state index in [1.54, 1.807) is 19.1 Å². The van der Waals surface area contributed by atoms with Crippen LogP contribution in [-0.4, -0.2) is 40.3 Å². The van der Waals surface area contributed by atoms with Crippen LogP contribution in [0, 0.1) is 0 Å². The summed E-state index contributed by atoms with van der Waals surface area (Å²) in [5.74, 6) is -1.52. The van der Waals surface area contributed by atoms with E-state index in [0.717, 1.165) is 23.1 Å². The van der Waals surface area contributed by atoms with Crippen molar-refractivity contribution in [3.8, 4) is 0 Å². The van der Waals surface area contributed by atoms with Crippen molar-refractivity contribution in [2.45, 2.75) is 70.9 Å². The number of esters is 1. The van der Waals surface area contributed by atoms with E-state index in [9.17, 15) is 18.0 Å². The molecule has 4 nitrogen and oxygen atoms in total. The zero-order valence-electron chi connectivity index (χ0n) is 26.6. The zero-order valence-corrected chi connectivity index (χ0v) is 27.6. The molecule has 3 aromatic rings. The maximum Gasteiger partial charge on any atom is 0.432 e. The highest BCUT2D eigenvalue weighted by Crippen LogP contribution is 2.43. The van der Waals surface area contributed by atoms with Crippen molar-refractivity contribution in [1.82, 2.24) is 0 Å². The standard InChI is InChI=1S/C36H43F3O4Si/c1-27(2)23-24-32(43-33(40)35(41-7,36(37,38)39)29-17-11-8-12-18-29)28(3)25-26-42-44(34(4,5)6,30-19-13-9-14-20-30)31-21-15-10-16-22-31/h8-23,25,32H,24,26H2,1-7H3/b28-25+/t32-,35+/m0/s1. The number of methoxy groups -OCH3 is 1. The lowest BCUT2D eigenvalue weighted by Crippen LogP contribution is -2.66. The lowest BCUT2D eigenvalue weighted by Gasteiger charge is -2.42. The fourth-order valence-corrected chi connectivity index (χ4v) is 9.95. The summed E-state index contributed by atoms with van der Waals surface area (Å²) in [7, 11) is -1.99. The molecule has 0 fully saturated rings. The Kier molecular flexibility index (Phi) is 11.6. The van der Waals surface area contributed by atoms with Crippen LogP contribution in [-0.2, 0) is 24.3 Å². The predicted octanol–water partition coefficient (Wildman–Crippen LogP) is 7.88. The average Bonchev–Trinajstić information content (AvgIpc) is 2.98. The highest BCUT2D eigenvalue weighted by molar-refractivity contribution is 6.99. The van der Waals surface area contributed by atoms with Gasteiger partial charge in [-0.25, -0.2) is 4.79 Å². The first-order chi connectivity index (χ1) is 20.7. The number of hydrogen-bond acceptors (Lipinski definition) is 4. The van der Waals surface area contributed by atoms with E-state index in [4.69, 9.17) is 13.9 Å². The van der Waals surface area contributed by atoms with Gasteiger partial charge < -0.3 is 13.9 Å². The molecule has 3 rings (SSSR count). The van der Waals surface area contributed by atoms with Gasteiger partial charge in [0, 0.05) is 19.1 Å². The molecule has 236 valence electrons. The molecule has 0 amide bonds. The van der Waals surface area contributed by atoms with E-state index in [-0.39, 0.29) is 23.6 Å². The minimum absolute atomic E-state index is 0.176. The molecule has 0 bridgehead atoms. The van der Waals surface area contributed by atoms with Crippen LogP contribution in [0.5, 0.6) is 0 Å². The molecule has 0 aromatic heterocycles. The number of rotatable bonds is 12. The third-order valence-electron chi connectivity index (χ3n) is 7.79. The Hall–Kier alpha value is -3.46. The van der Waals surface area contributed by atoms with Gasteiger partial charge in [-0.05, 0) is 41.8 Å². The molecule has 0 aliphatic carbocycles. The average molecular weight is 625 g/mol. The first-order valence-electron chi connectivity index (χ1n) is 14.6. The number of hydrogen-bond donors (Lipinski definition) is 0. The van der Waals surface area contributed by atoms with Crippen LogP contribution in [0.1, 0.15) is 53.5 Å². The Balaban J connectivity index is 2.01. The Bertz CT molecular complexity index is 1370. The number of alkyl halides is 3. The van der Waals surface area contributed by atoms with Gasteiger partial charge in [0.05, 0.1) is 6.61 Å². The Morgan fingerprint density at radius 2 is 1.27 bits per heavy atom. The lowest BCUT2D eigenvalue weighted by atomic mass is 9.92. The van der Waals surface area contributed by atoms with Crippen LogP contribution >= 0.6 is 0 Å². The van der Waals surface area contributed by atoms with E-state index in [1.165, 1.54) is 24.3 Å². The summed E-state index contributed by atoms with van der Waals surface area (Å²) in [5, 5.41) is 1.96. The Morgan fingerprint density at radius 3 is 1.68 bits per heavy atom. The minimum Gasteiger partial charge on any atom is -0.455 e. The summed E-state index contributed by atoms with van der Waals surface area (Å²) >= 11 is 0. The first-order valence-corrected chi connectivity index (χ1v) is 16.5. The molecule has 0 N–H and O–H groups in total. The van der Waals surface area contributed by atoms with Gasteiger partial charge in [-0.1, -0.05) is 129 Å². The topological polar surface area (TPSA) is 44.8 Å². The summed E-state index contributed by atoms with van der Waals surface area (Å²) < 4.78 is 61.3. The maximum atomic E-state index is 14.6. The van der Waals surface area contributed by atoms with Crippen LogP contribution in [0.2, 0.25) is 5.04 Å². The monoisotopic (exact) mass is 624 g/mol. The van der Waals surface area contributed by atoms with Gasteiger partial charge in [0.25, 0.3) is 13.9 Å². The van der Waals surface area contributed by atoms with Gasteiger partial charge in [0.15, 0.2) is 0 Å². The summed E-state index contributed by atoms with van der Waals surface area (Å²) in [6, 6.07) is 27.1. The summed E-state index contributed by atoms with van der Waals surface area (Å²) in [6.07, 6.45) is -2.20. The molecule has 8 heteroatoms. The lowest BCUT2D eigenvalue weighted by molar-refractivity contribution is -0.277. The summed E-state index contributed by atoms with van der Waals surface area (Å²) in [5.41, 5.74) is -2.10. The molecule has 0 saturated heterocycles. The number of carbonyl (C=O) groups excluding carboxylic acids is 1. The third kappa shape index (κ3) is 7.42. The van der Waals surface area contributed by atoms with Crippen molar-refractivity contribution in [1.29, 1.82) is 0 Å². The number of benzene rings is 3. The molecule has 0 radical (unpaired) electrons. The molecular weight excluding hydrogens is 581 g/mol. The second-order valence-corrected chi connectivity index (χ2v) is 16.4. The van der Waals surface area contributed by atoms with Gasteiger partial charge in [-0.15, -0.1) is 0 Å². The normalized spacial score (nSPS) is 14.8. The SMILES string of the molecule is CO[C@@](C(=O)O[C@@H](CC=C(C)C)/C(C)=C/CO[Si](c1ccccc1)(c1ccccc1)C(C)(C)C)(c1ccccc1)C(F)(F)F.